The summed E-state index contributed by atoms with van der Waals surface area (Å²) >= 11 is 0. The van der Waals surface area contributed by atoms with Gasteiger partial charge in [0, 0.05) is 32.0 Å². The van der Waals surface area contributed by atoms with Gasteiger partial charge in [-0.15, -0.1) is 0 Å². The first-order chi connectivity index (χ1) is 12.5. The van der Waals surface area contributed by atoms with Crippen molar-refractivity contribution in [1.29, 1.82) is 0 Å². The van der Waals surface area contributed by atoms with Crippen LogP contribution in [0.3, 0.4) is 0 Å². The van der Waals surface area contributed by atoms with E-state index in [1.165, 1.54) is 5.57 Å². The summed E-state index contributed by atoms with van der Waals surface area (Å²) in [5, 5.41) is 9.09. The van der Waals surface area contributed by atoms with E-state index in [1.54, 1.807) is 0 Å². The zero-order chi connectivity index (χ0) is 18.7. The lowest BCUT2D eigenvalue weighted by molar-refractivity contribution is -0.138. The van der Waals surface area contributed by atoms with Gasteiger partial charge < -0.3 is 10.0 Å². The highest BCUT2D eigenvalue weighted by molar-refractivity contribution is 5.77. The second-order valence-corrected chi connectivity index (χ2v) is 7.73. The number of carboxylic acids is 1. The number of aliphatic carboxylic acids is 1. The number of nitrogens with zero attached hydrogens (tertiary/aromatic N) is 2. The van der Waals surface area contributed by atoms with Crippen LogP contribution in [0.15, 0.2) is 42.0 Å². The van der Waals surface area contributed by atoms with E-state index in [9.17, 15) is 9.59 Å². The van der Waals surface area contributed by atoms with Gasteiger partial charge >= 0.3 is 5.97 Å². The van der Waals surface area contributed by atoms with Crippen LogP contribution >= 0.6 is 0 Å². The highest BCUT2D eigenvalue weighted by Gasteiger charge is 2.48. The Labute approximate surface area is 155 Å². The fourth-order valence-electron chi connectivity index (χ4n) is 4.42. The van der Waals surface area contributed by atoms with Crippen LogP contribution in [0, 0.1) is 11.8 Å². The maximum absolute atomic E-state index is 12.9. The van der Waals surface area contributed by atoms with Crippen LogP contribution in [0.4, 0.5) is 0 Å². The summed E-state index contributed by atoms with van der Waals surface area (Å²) in [4.78, 5) is 28.0. The number of carbonyl (C=O) groups excluding carboxylic acids is 1. The summed E-state index contributed by atoms with van der Waals surface area (Å²) in [5.74, 6) is 0.0857. The smallest absolute Gasteiger partial charge is 0.317 e. The topological polar surface area (TPSA) is 60.9 Å². The van der Waals surface area contributed by atoms with Crippen molar-refractivity contribution in [2.24, 2.45) is 11.8 Å². The first kappa shape index (κ1) is 18.6. The zero-order valence-electron chi connectivity index (χ0n) is 15.6. The number of rotatable bonds is 6. The molecule has 1 aromatic rings. The molecular weight excluding hydrogens is 328 g/mol. The minimum Gasteiger partial charge on any atom is -0.480 e. The number of carbonyl (C=O) groups is 2. The third-order valence-electron chi connectivity index (χ3n) is 5.47. The highest BCUT2D eigenvalue weighted by atomic mass is 16.4. The number of benzene rings is 1. The van der Waals surface area contributed by atoms with E-state index in [0.29, 0.717) is 18.3 Å². The van der Waals surface area contributed by atoms with E-state index >= 15 is 0 Å². The van der Waals surface area contributed by atoms with Gasteiger partial charge in [0.1, 0.15) is 0 Å². The number of carboxylic acid groups (broad SMARTS) is 1. The molecule has 2 aliphatic rings. The van der Waals surface area contributed by atoms with Gasteiger partial charge in [0.15, 0.2) is 0 Å². The molecule has 1 amide bonds. The molecule has 2 heterocycles. The Hall–Kier alpha value is -2.14. The molecule has 3 rings (SSSR count). The quantitative estimate of drug-likeness (QED) is 0.796. The van der Waals surface area contributed by atoms with Crippen LogP contribution in [0.25, 0.3) is 0 Å². The molecule has 0 bridgehead atoms. The minimum absolute atomic E-state index is 0.0548. The number of hydrogen-bond donors (Lipinski definition) is 1. The third-order valence-corrected chi connectivity index (χ3v) is 5.47. The van der Waals surface area contributed by atoms with E-state index < -0.39 is 5.97 Å². The zero-order valence-corrected chi connectivity index (χ0v) is 15.6. The summed E-state index contributed by atoms with van der Waals surface area (Å²) in [6.07, 6.45) is 3.42. The lowest BCUT2D eigenvalue weighted by atomic mass is 9.89. The molecule has 3 atom stereocenters. The van der Waals surface area contributed by atoms with Crippen LogP contribution in [0.5, 0.6) is 0 Å². The average molecular weight is 356 g/mol. The van der Waals surface area contributed by atoms with E-state index in [0.717, 1.165) is 31.6 Å². The van der Waals surface area contributed by atoms with E-state index in [4.69, 9.17) is 5.11 Å². The molecule has 2 fully saturated rings. The van der Waals surface area contributed by atoms with Crippen LogP contribution in [0.1, 0.15) is 38.3 Å². The van der Waals surface area contributed by atoms with Crippen LogP contribution < -0.4 is 0 Å². The van der Waals surface area contributed by atoms with Crippen molar-refractivity contribution >= 4 is 11.9 Å². The Morgan fingerprint density at radius 2 is 1.88 bits per heavy atom. The molecule has 1 aromatic carbocycles. The van der Waals surface area contributed by atoms with Crippen molar-refractivity contribution in [2.75, 3.05) is 26.2 Å². The first-order valence-corrected chi connectivity index (χ1v) is 9.37. The Bertz CT molecular complexity index is 682. The van der Waals surface area contributed by atoms with Crippen molar-refractivity contribution in [3.8, 4) is 0 Å². The fourth-order valence-corrected chi connectivity index (χ4v) is 4.42. The first-order valence-electron chi connectivity index (χ1n) is 9.37. The molecule has 26 heavy (non-hydrogen) atoms. The lowest BCUT2D eigenvalue weighted by Gasteiger charge is -2.29. The van der Waals surface area contributed by atoms with Gasteiger partial charge in [-0.05, 0) is 31.7 Å². The molecule has 0 saturated carbocycles. The van der Waals surface area contributed by atoms with Gasteiger partial charge in [-0.1, -0.05) is 42.0 Å². The highest BCUT2D eigenvalue weighted by Crippen LogP contribution is 2.45. The number of likely N-dealkylation sites (tertiary alicyclic amines) is 2. The molecule has 0 unspecified atom stereocenters. The second kappa shape index (κ2) is 8.04. The van der Waals surface area contributed by atoms with E-state index in [2.05, 4.69) is 32.1 Å². The number of hydrogen-bond acceptors (Lipinski definition) is 3. The molecule has 2 aliphatic heterocycles. The number of fused-ring (bicyclic) bond motifs is 1. The molecule has 0 spiro atoms. The molecule has 0 aliphatic carbocycles. The molecule has 5 nitrogen and oxygen atoms in total. The summed E-state index contributed by atoms with van der Waals surface area (Å²) in [7, 11) is 0. The fraction of sp³-hybridized carbons (Fsp3) is 0.524. The van der Waals surface area contributed by atoms with E-state index in [-0.39, 0.29) is 18.5 Å². The van der Waals surface area contributed by atoms with Crippen molar-refractivity contribution in [2.45, 2.75) is 32.7 Å². The predicted molar refractivity (Wildman–Crippen MR) is 101 cm³/mol. The summed E-state index contributed by atoms with van der Waals surface area (Å²) in [6, 6.07) is 10.2. The third kappa shape index (κ3) is 4.15. The van der Waals surface area contributed by atoms with Gasteiger partial charge in [-0.3, -0.25) is 14.5 Å². The van der Waals surface area contributed by atoms with Gasteiger partial charge in [-0.25, -0.2) is 0 Å². The molecule has 0 aromatic heterocycles. The lowest BCUT2D eigenvalue weighted by Crippen LogP contribution is -2.36. The van der Waals surface area contributed by atoms with E-state index in [1.807, 2.05) is 28.0 Å². The van der Waals surface area contributed by atoms with Crippen LogP contribution in [0.2, 0.25) is 0 Å². The maximum atomic E-state index is 12.9. The maximum Gasteiger partial charge on any atom is 0.317 e. The summed E-state index contributed by atoms with van der Waals surface area (Å²) in [5.41, 5.74) is 2.40. The predicted octanol–water partition coefficient (Wildman–Crippen LogP) is 2.95. The second-order valence-electron chi connectivity index (χ2n) is 7.73. The standard InChI is InChI=1S/C21H28N2O3/c1-15(2)7-6-10-19(24)23-12-17-11-22(14-20(25)26)13-18(17)21(23)16-8-4-3-5-9-16/h3-5,7-9,17-18,21H,6,10-14H2,1-2H3,(H,25,26)/t17-,18-,21-/m0/s1. The Morgan fingerprint density at radius 3 is 2.54 bits per heavy atom. The SMILES string of the molecule is CC(C)=CCCC(=O)N1C[C@@H]2CN(CC(=O)O)C[C@@H]2[C@@H]1c1ccccc1. The molecule has 5 heteroatoms. The molecular formula is C21H28N2O3. The van der Waals surface area contributed by atoms with Gasteiger partial charge in [-0.2, -0.15) is 0 Å². The Balaban J connectivity index is 1.77. The van der Waals surface area contributed by atoms with Gasteiger partial charge in [0.05, 0.1) is 12.6 Å². The Morgan fingerprint density at radius 1 is 1.15 bits per heavy atom. The monoisotopic (exact) mass is 356 g/mol. The Kier molecular flexibility index (Phi) is 5.77. The number of amides is 1. The van der Waals surface area contributed by atoms with Crippen molar-refractivity contribution < 1.29 is 14.7 Å². The molecule has 0 radical (unpaired) electrons. The summed E-state index contributed by atoms with van der Waals surface area (Å²) < 4.78 is 0. The van der Waals surface area contributed by atoms with Crippen LogP contribution in [-0.4, -0.2) is 53.0 Å². The van der Waals surface area contributed by atoms with Crippen LogP contribution in [-0.2, 0) is 9.59 Å². The van der Waals surface area contributed by atoms with Crippen molar-refractivity contribution in [1.82, 2.24) is 9.80 Å². The van der Waals surface area contributed by atoms with Gasteiger partial charge in [0.2, 0.25) is 5.91 Å². The molecule has 2 saturated heterocycles. The average Bonchev–Trinajstić information content (AvgIpc) is 3.11. The normalized spacial score (nSPS) is 25.2. The van der Waals surface area contributed by atoms with Gasteiger partial charge in [0.25, 0.3) is 0 Å². The van der Waals surface area contributed by atoms with Crippen molar-refractivity contribution in [3.05, 3.63) is 47.5 Å². The summed E-state index contributed by atoms with van der Waals surface area (Å²) in [6.45, 7) is 6.42. The number of allylic oxidation sites excluding steroid dienone is 2. The van der Waals surface area contributed by atoms with Crippen molar-refractivity contribution in [3.63, 3.8) is 0 Å². The molecule has 1 N–H and O–H groups in total. The minimum atomic E-state index is -0.782. The largest absolute Gasteiger partial charge is 0.480 e. The molecule has 140 valence electrons.